The van der Waals surface area contributed by atoms with Gasteiger partial charge in [0.2, 0.25) is 5.91 Å². The SMILES string of the molecule is CC(NCCCC1CCCCC1O)c1cccc(N2CCCC2=O)c1. The van der Waals surface area contributed by atoms with Crippen LogP contribution in [-0.4, -0.2) is 30.2 Å². The summed E-state index contributed by atoms with van der Waals surface area (Å²) in [6, 6.07) is 8.63. The van der Waals surface area contributed by atoms with Crippen LogP contribution in [0.3, 0.4) is 0 Å². The zero-order valence-corrected chi connectivity index (χ0v) is 15.4. The smallest absolute Gasteiger partial charge is 0.227 e. The van der Waals surface area contributed by atoms with Crippen molar-refractivity contribution < 1.29 is 9.90 Å². The van der Waals surface area contributed by atoms with E-state index in [0.29, 0.717) is 12.3 Å². The predicted molar refractivity (Wildman–Crippen MR) is 102 cm³/mol. The molecule has 3 unspecified atom stereocenters. The van der Waals surface area contributed by atoms with Crippen LogP contribution in [0, 0.1) is 5.92 Å². The Hall–Kier alpha value is -1.39. The number of carbonyl (C=O) groups is 1. The lowest BCUT2D eigenvalue weighted by Gasteiger charge is -2.27. The van der Waals surface area contributed by atoms with Crippen molar-refractivity contribution in [3.8, 4) is 0 Å². The van der Waals surface area contributed by atoms with Crippen LogP contribution in [0.2, 0.25) is 0 Å². The number of nitrogens with zero attached hydrogens (tertiary/aromatic N) is 1. The summed E-state index contributed by atoms with van der Waals surface area (Å²) in [5.41, 5.74) is 2.26. The van der Waals surface area contributed by atoms with Crippen molar-refractivity contribution in [2.24, 2.45) is 5.92 Å². The molecule has 1 amide bonds. The number of rotatable bonds is 7. The second-order valence-corrected chi connectivity index (χ2v) is 7.67. The molecule has 1 aliphatic carbocycles. The number of carbonyl (C=O) groups excluding carboxylic acids is 1. The highest BCUT2D eigenvalue weighted by Gasteiger charge is 2.23. The summed E-state index contributed by atoms with van der Waals surface area (Å²) in [6.07, 6.45) is 8.39. The summed E-state index contributed by atoms with van der Waals surface area (Å²) < 4.78 is 0. The average molecular weight is 344 g/mol. The van der Waals surface area contributed by atoms with Crippen molar-refractivity contribution in [3.63, 3.8) is 0 Å². The fourth-order valence-electron chi connectivity index (χ4n) is 4.21. The van der Waals surface area contributed by atoms with Crippen molar-refractivity contribution in [1.29, 1.82) is 0 Å². The molecule has 3 rings (SSSR count). The zero-order chi connectivity index (χ0) is 17.6. The Morgan fingerprint density at radius 1 is 1.28 bits per heavy atom. The Kier molecular flexibility index (Phi) is 6.49. The van der Waals surface area contributed by atoms with E-state index in [9.17, 15) is 9.90 Å². The summed E-state index contributed by atoms with van der Waals surface area (Å²) in [5, 5.41) is 13.7. The highest BCUT2D eigenvalue weighted by Crippen LogP contribution is 2.28. The first kappa shape index (κ1) is 18.4. The number of aliphatic hydroxyl groups excluding tert-OH is 1. The lowest BCUT2D eigenvalue weighted by molar-refractivity contribution is -0.117. The predicted octanol–water partition coefficient (Wildman–Crippen LogP) is 3.80. The van der Waals surface area contributed by atoms with Crippen molar-refractivity contribution in [2.45, 2.75) is 70.4 Å². The van der Waals surface area contributed by atoms with Gasteiger partial charge >= 0.3 is 0 Å². The summed E-state index contributed by atoms with van der Waals surface area (Å²) in [5.74, 6) is 0.735. The molecule has 4 heteroatoms. The maximum Gasteiger partial charge on any atom is 0.227 e. The molecule has 25 heavy (non-hydrogen) atoms. The molecule has 0 radical (unpaired) electrons. The maximum absolute atomic E-state index is 11.9. The van der Waals surface area contributed by atoms with Crippen LogP contribution >= 0.6 is 0 Å². The van der Waals surface area contributed by atoms with E-state index in [2.05, 4.69) is 24.4 Å². The van der Waals surface area contributed by atoms with E-state index >= 15 is 0 Å². The molecule has 1 aromatic rings. The molecule has 2 aliphatic rings. The van der Waals surface area contributed by atoms with Crippen LogP contribution in [0.25, 0.3) is 0 Å². The molecule has 0 bridgehead atoms. The number of hydrogen-bond acceptors (Lipinski definition) is 3. The second-order valence-electron chi connectivity index (χ2n) is 7.67. The quantitative estimate of drug-likeness (QED) is 0.740. The summed E-state index contributed by atoms with van der Waals surface area (Å²) in [6.45, 7) is 3.99. The monoisotopic (exact) mass is 344 g/mol. The van der Waals surface area contributed by atoms with Gasteiger partial charge < -0.3 is 15.3 Å². The molecule has 2 N–H and O–H groups in total. The first-order valence-electron chi connectivity index (χ1n) is 9.97. The molecular formula is C21H32N2O2. The Balaban J connectivity index is 1.46. The van der Waals surface area contributed by atoms with Gasteiger partial charge in [0.15, 0.2) is 0 Å². The number of amides is 1. The third-order valence-corrected chi connectivity index (χ3v) is 5.83. The van der Waals surface area contributed by atoms with Gasteiger partial charge in [-0.15, -0.1) is 0 Å². The maximum atomic E-state index is 11.9. The molecular weight excluding hydrogens is 312 g/mol. The fraction of sp³-hybridized carbons (Fsp3) is 0.667. The highest BCUT2D eigenvalue weighted by atomic mass is 16.3. The summed E-state index contributed by atoms with van der Waals surface area (Å²) >= 11 is 0. The molecule has 1 saturated carbocycles. The minimum absolute atomic E-state index is 0.0825. The van der Waals surface area contributed by atoms with Crippen molar-refractivity contribution in [1.82, 2.24) is 5.32 Å². The average Bonchev–Trinajstić information content (AvgIpc) is 3.06. The summed E-state index contributed by atoms with van der Waals surface area (Å²) in [4.78, 5) is 13.8. The van der Waals surface area contributed by atoms with Crippen molar-refractivity contribution in [2.75, 3.05) is 18.0 Å². The topological polar surface area (TPSA) is 52.6 Å². The highest BCUT2D eigenvalue weighted by molar-refractivity contribution is 5.95. The molecule has 1 heterocycles. The fourth-order valence-corrected chi connectivity index (χ4v) is 4.21. The standard InChI is InChI=1S/C21H32N2O2/c1-16(22-13-5-9-17-7-2-3-11-20(17)24)18-8-4-10-19(15-18)23-14-6-12-21(23)25/h4,8,10,15-17,20,22,24H,2-3,5-7,9,11-14H2,1H3. The van der Waals surface area contributed by atoms with E-state index in [4.69, 9.17) is 0 Å². The number of anilines is 1. The first-order valence-corrected chi connectivity index (χ1v) is 9.97. The van der Waals surface area contributed by atoms with Gasteiger partial charge in [-0.05, 0) is 69.2 Å². The van der Waals surface area contributed by atoms with E-state index < -0.39 is 0 Å². The zero-order valence-electron chi connectivity index (χ0n) is 15.4. The Morgan fingerprint density at radius 2 is 2.12 bits per heavy atom. The molecule has 138 valence electrons. The molecule has 1 aliphatic heterocycles. The van der Waals surface area contributed by atoms with Gasteiger partial charge in [0.1, 0.15) is 0 Å². The summed E-state index contributed by atoms with van der Waals surface area (Å²) in [7, 11) is 0. The van der Waals surface area contributed by atoms with E-state index in [1.807, 2.05) is 17.0 Å². The minimum atomic E-state index is -0.0825. The molecule has 3 atom stereocenters. The van der Waals surface area contributed by atoms with Crippen molar-refractivity contribution >= 4 is 11.6 Å². The number of benzene rings is 1. The number of nitrogens with one attached hydrogen (secondary N) is 1. The van der Waals surface area contributed by atoms with Gasteiger partial charge in [0.05, 0.1) is 6.10 Å². The van der Waals surface area contributed by atoms with Crippen LogP contribution in [0.4, 0.5) is 5.69 Å². The lowest BCUT2D eigenvalue weighted by Crippen LogP contribution is -2.26. The van der Waals surface area contributed by atoms with Gasteiger partial charge in [-0.2, -0.15) is 0 Å². The van der Waals surface area contributed by atoms with Crippen LogP contribution in [0.15, 0.2) is 24.3 Å². The first-order chi connectivity index (χ1) is 12.1. The van der Waals surface area contributed by atoms with Crippen LogP contribution in [0.1, 0.15) is 69.9 Å². The molecule has 2 fully saturated rings. The van der Waals surface area contributed by atoms with E-state index in [1.165, 1.54) is 24.8 Å². The third-order valence-electron chi connectivity index (χ3n) is 5.83. The van der Waals surface area contributed by atoms with E-state index in [0.717, 1.165) is 44.5 Å². The van der Waals surface area contributed by atoms with Crippen molar-refractivity contribution in [3.05, 3.63) is 29.8 Å². The van der Waals surface area contributed by atoms with Crippen LogP contribution in [0.5, 0.6) is 0 Å². The normalized spacial score (nSPS) is 25.4. The molecule has 1 aromatic carbocycles. The molecule has 4 nitrogen and oxygen atoms in total. The lowest BCUT2D eigenvalue weighted by atomic mass is 9.83. The van der Waals surface area contributed by atoms with E-state index in [-0.39, 0.29) is 18.1 Å². The second kappa shape index (κ2) is 8.81. The molecule has 0 aromatic heterocycles. The molecule has 1 saturated heterocycles. The Bertz CT molecular complexity index is 575. The Labute approximate surface area is 151 Å². The van der Waals surface area contributed by atoms with Gasteiger partial charge in [-0.25, -0.2) is 0 Å². The van der Waals surface area contributed by atoms with Crippen LogP contribution in [-0.2, 0) is 4.79 Å². The van der Waals surface area contributed by atoms with Gasteiger partial charge in [0, 0.05) is 24.7 Å². The van der Waals surface area contributed by atoms with Gasteiger partial charge in [-0.1, -0.05) is 25.0 Å². The number of hydrogen-bond donors (Lipinski definition) is 2. The minimum Gasteiger partial charge on any atom is -0.393 e. The van der Waals surface area contributed by atoms with Gasteiger partial charge in [-0.3, -0.25) is 4.79 Å². The van der Waals surface area contributed by atoms with Crippen LogP contribution < -0.4 is 10.2 Å². The third kappa shape index (κ3) is 4.83. The number of aliphatic hydroxyl groups is 1. The molecule has 0 spiro atoms. The Morgan fingerprint density at radius 3 is 2.88 bits per heavy atom. The van der Waals surface area contributed by atoms with E-state index in [1.54, 1.807) is 0 Å². The largest absolute Gasteiger partial charge is 0.393 e. The van der Waals surface area contributed by atoms with Gasteiger partial charge in [0.25, 0.3) is 0 Å².